The maximum atomic E-state index is 13.1. The van der Waals surface area contributed by atoms with Crippen molar-refractivity contribution < 1.29 is 22.3 Å². The van der Waals surface area contributed by atoms with Gasteiger partial charge in [-0.15, -0.1) is 0 Å². The van der Waals surface area contributed by atoms with E-state index in [9.17, 15) is 12.8 Å². The molecule has 0 aliphatic carbocycles. The molecule has 7 heteroatoms. The number of benzene rings is 2. The number of hydrogen-bond acceptors (Lipinski definition) is 4. The van der Waals surface area contributed by atoms with Gasteiger partial charge in [-0.1, -0.05) is 6.07 Å². The van der Waals surface area contributed by atoms with Crippen molar-refractivity contribution >= 4 is 10.0 Å². The zero-order chi connectivity index (χ0) is 19.4. The predicted molar refractivity (Wildman–Crippen MR) is 101 cm³/mol. The lowest BCUT2D eigenvalue weighted by atomic mass is 10.0. The van der Waals surface area contributed by atoms with E-state index in [1.54, 1.807) is 24.3 Å². The van der Waals surface area contributed by atoms with Crippen LogP contribution >= 0.6 is 0 Å². The quantitative estimate of drug-likeness (QED) is 0.752. The molecule has 1 atom stereocenters. The molecule has 1 aliphatic rings. The molecule has 2 aromatic rings. The summed E-state index contributed by atoms with van der Waals surface area (Å²) in [6.45, 7) is 3.11. The van der Waals surface area contributed by atoms with Gasteiger partial charge in [0, 0.05) is 19.0 Å². The summed E-state index contributed by atoms with van der Waals surface area (Å²) in [7, 11) is -2.17. The van der Waals surface area contributed by atoms with Gasteiger partial charge >= 0.3 is 0 Å². The van der Waals surface area contributed by atoms with Crippen LogP contribution < -0.4 is 9.47 Å². The highest BCUT2D eigenvalue weighted by molar-refractivity contribution is 7.89. The molecule has 1 saturated heterocycles. The van der Waals surface area contributed by atoms with E-state index in [1.165, 1.54) is 23.5 Å². The van der Waals surface area contributed by atoms with Crippen LogP contribution in [0.4, 0.5) is 4.39 Å². The van der Waals surface area contributed by atoms with Crippen molar-refractivity contribution in [3.05, 3.63) is 53.8 Å². The monoisotopic (exact) mass is 393 g/mol. The molecule has 1 unspecified atom stereocenters. The fourth-order valence-corrected chi connectivity index (χ4v) is 5.05. The standard InChI is InChI=1S/C20H24FNO4S/c1-15-5-10-19(25-2)20(12-15)27(23,24)22-11-3-4-16(13-22)14-26-18-8-6-17(21)7-9-18/h5-10,12,16H,3-4,11,13-14H2,1-2H3. The molecule has 0 amide bonds. The largest absolute Gasteiger partial charge is 0.495 e. The summed E-state index contributed by atoms with van der Waals surface area (Å²) < 4.78 is 51.7. The minimum absolute atomic E-state index is 0.0781. The normalized spacial score (nSPS) is 18.3. The van der Waals surface area contributed by atoms with Crippen LogP contribution in [0.15, 0.2) is 47.4 Å². The smallest absolute Gasteiger partial charge is 0.246 e. The number of nitrogens with zero attached hydrogens (tertiary/aromatic N) is 1. The van der Waals surface area contributed by atoms with Crippen molar-refractivity contribution in [3.63, 3.8) is 0 Å². The van der Waals surface area contributed by atoms with Crippen LogP contribution in [0.25, 0.3) is 0 Å². The molecule has 2 aromatic carbocycles. The van der Waals surface area contributed by atoms with E-state index in [4.69, 9.17) is 9.47 Å². The Morgan fingerprint density at radius 1 is 1.19 bits per heavy atom. The molecule has 1 aliphatic heterocycles. The van der Waals surface area contributed by atoms with Gasteiger partial charge in [-0.2, -0.15) is 4.31 Å². The summed E-state index contributed by atoms with van der Waals surface area (Å²) in [4.78, 5) is 0.199. The van der Waals surface area contributed by atoms with Gasteiger partial charge in [0.2, 0.25) is 10.0 Å². The highest BCUT2D eigenvalue weighted by atomic mass is 32.2. The lowest BCUT2D eigenvalue weighted by molar-refractivity contribution is 0.180. The molecule has 0 radical (unpaired) electrons. The molecule has 146 valence electrons. The Morgan fingerprint density at radius 2 is 1.93 bits per heavy atom. The summed E-state index contributed by atoms with van der Waals surface area (Å²) in [6.07, 6.45) is 1.66. The first-order valence-electron chi connectivity index (χ1n) is 8.93. The molecule has 5 nitrogen and oxygen atoms in total. The lowest BCUT2D eigenvalue weighted by Crippen LogP contribution is -2.41. The summed E-state index contributed by atoms with van der Waals surface area (Å²) in [5, 5.41) is 0. The molecule has 0 N–H and O–H groups in total. The fourth-order valence-electron chi connectivity index (χ4n) is 3.25. The molecular weight excluding hydrogens is 369 g/mol. The van der Waals surface area contributed by atoms with Gasteiger partial charge in [0.1, 0.15) is 22.2 Å². The van der Waals surface area contributed by atoms with E-state index in [0.29, 0.717) is 31.2 Å². The van der Waals surface area contributed by atoms with Gasteiger partial charge in [-0.25, -0.2) is 12.8 Å². The van der Waals surface area contributed by atoms with E-state index >= 15 is 0 Å². The second-order valence-electron chi connectivity index (χ2n) is 6.79. The Bertz CT molecular complexity index is 883. The molecule has 3 rings (SSSR count). The molecule has 1 heterocycles. The number of hydrogen-bond donors (Lipinski definition) is 0. The number of methoxy groups -OCH3 is 1. The van der Waals surface area contributed by atoms with Crippen LogP contribution in [0.1, 0.15) is 18.4 Å². The number of halogens is 1. The van der Waals surface area contributed by atoms with E-state index < -0.39 is 10.0 Å². The first kappa shape index (κ1) is 19.6. The van der Waals surface area contributed by atoms with Gasteiger partial charge in [0.15, 0.2) is 0 Å². The van der Waals surface area contributed by atoms with Crippen molar-refractivity contribution in [1.82, 2.24) is 4.31 Å². The molecule has 0 spiro atoms. The van der Waals surface area contributed by atoms with E-state index in [1.807, 2.05) is 13.0 Å². The van der Waals surface area contributed by atoms with Gasteiger partial charge in [-0.3, -0.25) is 0 Å². The van der Waals surface area contributed by atoms with Crippen LogP contribution in [0.5, 0.6) is 11.5 Å². The van der Waals surface area contributed by atoms with Crippen LogP contribution in [-0.2, 0) is 10.0 Å². The van der Waals surface area contributed by atoms with Gasteiger partial charge in [0.25, 0.3) is 0 Å². The zero-order valence-electron chi connectivity index (χ0n) is 15.5. The summed E-state index contributed by atoms with van der Waals surface area (Å²) in [5.41, 5.74) is 0.863. The summed E-state index contributed by atoms with van der Waals surface area (Å²) in [6, 6.07) is 11.0. The average molecular weight is 393 g/mol. The minimum Gasteiger partial charge on any atom is -0.495 e. The number of piperidine rings is 1. The molecule has 0 bridgehead atoms. The molecular formula is C20H24FNO4S. The Hall–Kier alpha value is -2.12. The zero-order valence-corrected chi connectivity index (χ0v) is 16.3. The van der Waals surface area contributed by atoms with E-state index in [-0.39, 0.29) is 16.6 Å². The SMILES string of the molecule is COc1ccc(C)cc1S(=O)(=O)N1CCCC(COc2ccc(F)cc2)C1. The third-order valence-electron chi connectivity index (χ3n) is 4.72. The first-order chi connectivity index (χ1) is 12.9. The first-order valence-corrected chi connectivity index (χ1v) is 10.4. The summed E-state index contributed by atoms with van der Waals surface area (Å²) in [5.74, 6) is 0.695. The molecule has 27 heavy (non-hydrogen) atoms. The third-order valence-corrected chi connectivity index (χ3v) is 6.60. The topological polar surface area (TPSA) is 55.8 Å². The van der Waals surface area contributed by atoms with E-state index in [0.717, 1.165) is 18.4 Å². The third kappa shape index (κ3) is 4.59. The van der Waals surface area contributed by atoms with Crippen molar-refractivity contribution in [1.29, 1.82) is 0 Å². The highest BCUT2D eigenvalue weighted by Crippen LogP contribution is 2.30. The van der Waals surface area contributed by atoms with Crippen LogP contribution in [0, 0.1) is 18.7 Å². The summed E-state index contributed by atoms with van der Waals surface area (Å²) >= 11 is 0. The van der Waals surface area contributed by atoms with Crippen LogP contribution in [0.3, 0.4) is 0 Å². The molecule has 1 fully saturated rings. The molecule has 0 aromatic heterocycles. The van der Waals surface area contributed by atoms with Gasteiger partial charge < -0.3 is 9.47 Å². The number of ether oxygens (including phenoxy) is 2. The predicted octanol–water partition coefficient (Wildman–Crippen LogP) is 3.62. The van der Waals surface area contributed by atoms with Crippen LogP contribution in [0.2, 0.25) is 0 Å². The van der Waals surface area contributed by atoms with Crippen LogP contribution in [-0.4, -0.2) is 39.5 Å². The maximum Gasteiger partial charge on any atom is 0.246 e. The van der Waals surface area contributed by atoms with Crippen molar-refractivity contribution in [2.45, 2.75) is 24.7 Å². The molecule has 0 saturated carbocycles. The highest BCUT2D eigenvalue weighted by Gasteiger charge is 2.32. The second kappa shape index (κ2) is 8.27. The lowest BCUT2D eigenvalue weighted by Gasteiger charge is -2.32. The minimum atomic E-state index is -3.65. The van der Waals surface area contributed by atoms with Crippen molar-refractivity contribution in [3.8, 4) is 11.5 Å². The van der Waals surface area contributed by atoms with E-state index in [2.05, 4.69) is 0 Å². The fraction of sp³-hybridized carbons (Fsp3) is 0.400. The Balaban J connectivity index is 1.71. The average Bonchev–Trinajstić information content (AvgIpc) is 2.68. The number of aryl methyl sites for hydroxylation is 1. The van der Waals surface area contributed by atoms with Crippen molar-refractivity contribution in [2.75, 3.05) is 26.8 Å². The Kier molecular flexibility index (Phi) is 6.01. The van der Waals surface area contributed by atoms with Crippen molar-refractivity contribution in [2.24, 2.45) is 5.92 Å². The number of rotatable bonds is 6. The van der Waals surface area contributed by atoms with Gasteiger partial charge in [0.05, 0.1) is 13.7 Å². The Labute approximate surface area is 159 Å². The number of sulfonamides is 1. The second-order valence-corrected chi connectivity index (χ2v) is 8.70. The maximum absolute atomic E-state index is 13.1. The van der Waals surface area contributed by atoms with Gasteiger partial charge in [-0.05, 0) is 61.7 Å². The Morgan fingerprint density at radius 3 is 2.63 bits per heavy atom.